The van der Waals surface area contributed by atoms with Gasteiger partial charge in [0.05, 0.1) is 25.4 Å². The van der Waals surface area contributed by atoms with Gasteiger partial charge in [0.2, 0.25) is 0 Å². The smallest absolute Gasteiger partial charge is 0.0813 e. The number of ether oxygens (including phenoxy) is 2. The van der Waals surface area contributed by atoms with E-state index in [2.05, 4.69) is 30.5 Å². The Hall–Kier alpha value is -0.680. The number of aryl methyl sites for hydroxylation is 1. The maximum absolute atomic E-state index is 6.23. The molecule has 3 heterocycles. The molecule has 3 rings (SSSR count). The Morgan fingerprint density at radius 1 is 1.43 bits per heavy atom. The van der Waals surface area contributed by atoms with Gasteiger partial charge in [-0.25, -0.2) is 0 Å². The fourth-order valence-electron chi connectivity index (χ4n) is 3.46. The summed E-state index contributed by atoms with van der Waals surface area (Å²) in [4.78, 5) is 5.49. The van der Waals surface area contributed by atoms with Gasteiger partial charge in [-0.15, -0.1) is 17.9 Å². The van der Waals surface area contributed by atoms with Gasteiger partial charge in [0.25, 0.3) is 0 Å². The van der Waals surface area contributed by atoms with Crippen molar-refractivity contribution in [2.24, 2.45) is 0 Å². The molecule has 0 saturated carbocycles. The Labute approximate surface area is 131 Å². The van der Waals surface area contributed by atoms with Crippen molar-refractivity contribution in [1.82, 2.24) is 4.90 Å². The zero-order valence-corrected chi connectivity index (χ0v) is 13.6. The van der Waals surface area contributed by atoms with Gasteiger partial charge in [-0.3, -0.25) is 4.90 Å². The summed E-state index contributed by atoms with van der Waals surface area (Å²) in [5, 5.41) is 0. The molecule has 2 aliphatic heterocycles. The predicted molar refractivity (Wildman–Crippen MR) is 86.8 cm³/mol. The van der Waals surface area contributed by atoms with E-state index >= 15 is 0 Å². The van der Waals surface area contributed by atoms with Gasteiger partial charge in [-0.1, -0.05) is 6.08 Å². The molecule has 4 heteroatoms. The average molecular weight is 307 g/mol. The fourth-order valence-corrected chi connectivity index (χ4v) is 4.37. The van der Waals surface area contributed by atoms with Crippen molar-refractivity contribution in [3.8, 4) is 0 Å². The number of hydrogen-bond donors (Lipinski definition) is 0. The summed E-state index contributed by atoms with van der Waals surface area (Å²) in [5.41, 5.74) is 0. The molecular formula is C17H25NO2S. The minimum absolute atomic E-state index is 0.273. The van der Waals surface area contributed by atoms with Crippen molar-refractivity contribution < 1.29 is 9.47 Å². The minimum Gasteiger partial charge on any atom is -0.375 e. The Morgan fingerprint density at radius 2 is 2.33 bits per heavy atom. The van der Waals surface area contributed by atoms with E-state index in [1.165, 1.54) is 16.2 Å². The Morgan fingerprint density at radius 3 is 3.10 bits per heavy atom. The van der Waals surface area contributed by atoms with Gasteiger partial charge in [0.1, 0.15) is 0 Å². The van der Waals surface area contributed by atoms with Crippen LogP contribution < -0.4 is 0 Å². The molecule has 2 fully saturated rings. The molecule has 1 aromatic rings. The van der Waals surface area contributed by atoms with Crippen LogP contribution >= 0.6 is 11.3 Å². The summed E-state index contributed by atoms with van der Waals surface area (Å²) in [5.74, 6) is 0. The van der Waals surface area contributed by atoms with Gasteiger partial charge in [-0.2, -0.15) is 0 Å². The van der Waals surface area contributed by atoms with Crippen molar-refractivity contribution in [2.45, 2.75) is 51.0 Å². The number of hydrogen-bond acceptors (Lipinski definition) is 4. The Balaban J connectivity index is 1.51. The van der Waals surface area contributed by atoms with Crippen LogP contribution in [0.3, 0.4) is 0 Å². The van der Waals surface area contributed by atoms with Crippen LogP contribution in [-0.2, 0) is 16.0 Å². The summed E-state index contributed by atoms with van der Waals surface area (Å²) in [6.07, 6.45) is 5.97. The van der Waals surface area contributed by atoms with Crippen molar-refractivity contribution in [2.75, 3.05) is 19.8 Å². The second-order valence-electron chi connectivity index (χ2n) is 6.04. The van der Waals surface area contributed by atoms with Crippen molar-refractivity contribution in [3.63, 3.8) is 0 Å². The molecule has 0 aliphatic carbocycles. The highest BCUT2D eigenvalue weighted by molar-refractivity contribution is 7.11. The van der Waals surface area contributed by atoms with Gasteiger partial charge in [0, 0.05) is 28.9 Å². The van der Waals surface area contributed by atoms with E-state index in [-0.39, 0.29) is 6.10 Å². The molecule has 3 nitrogen and oxygen atoms in total. The maximum Gasteiger partial charge on any atom is 0.0813 e. The summed E-state index contributed by atoms with van der Waals surface area (Å²) in [6.45, 7) is 9.43. The van der Waals surface area contributed by atoms with Crippen LogP contribution in [-0.4, -0.2) is 42.9 Å². The number of nitrogens with zero attached hydrogens (tertiary/aromatic N) is 1. The van der Waals surface area contributed by atoms with Crippen molar-refractivity contribution >= 4 is 11.3 Å². The topological polar surface area (TPSA) is 21.7 Å². The van der Waals surface area contributed by atoms with E-state index in [4.69, 9.17) is 9.47 Å². The molecule has 2 saturated heterocycles. The van der Waals surface area contributed by atoms with Crippen LogP contribution in [0.25, 0.3) is 0 Å². The number of likely N-dealkylation sites (tertiary alicyclic amines) is 1. The monoisotopic (exact) mass is 307 g/mol. The standard InChI is InChI=1S/C17H25NO2S/c1-3-10-19-12-14-5-7-16-17(20-14)8-9-18(16)11-15-6-4-13(2)21-15/h3-4,6,14,16-17H,1,5,7-12H2,2H3/t14-,16-,17-/m1/s1. The lowest BCUT2D eigenvalue weighted by Crippen LogP contribution is -2.43. The summed E-state index contributed by atoms with van der Waals surface area (Å²) < 4.78 is 11.8. The largest absolute Gasteiger partial charge is 0.375 e. The molecule has 1 aromatic heterocycles. The Kier molecular flexibility index (Phi) is 5.11. The third-order valence-electron chi connectivity index (χ3n) is 4.45. The summed E-state index contributed by atoms with van der Waals surface area (Å²) >= 11 is 1.92. The highest BCUT2D eigenvalue weighted by atomic mass is 32.1. The van der Waals surface area contributed by atoms with E-state index in [1.807, 2.05) is 11.3 Å². The lowest BCUT2D eigenvalue weighted by molar-refractivity contribution is -0.0971. The molecule has 0 radical (unpaired) electrons. The second kappa shape index (κ2) is 7.05. The number of fused-ring (bicyclic) bond motifs is 1. The van der Waals surface area contributed by atoms with Crippen molar-refractivity contribution in [3.05, 3.63) is 34.5 Å². The minimum atomic E-state index is 0.273. The number of thiophene rings is 1. The molecule has 0 spiro atoms. The zero-order chi connectivity index (χ0) is 14.7. The maximum atomic E-state index is 6.23. The Bertz CT molecular complexity index is 473. The van der Waals surface area contributed by atoms with Gasteiger partial charge < -0.3 is 9.47 Å². The predicted octanol–water partition coefficient (Wildman–Crippen LogP) is 3.38. The van der Waals surface area contributed by atoms with Crippen molar-refractivity contribution in [1.29, 1.82) is 0 Å². The van der Waals surface area contributed by atoms with Crippen LogP contribution in [0.5, 0.6) is 0 Å². The SMILES string of the molecule is C=CCOC[C@H]1CC[C@@H]2[C@@H](CCN2Cc2ccc(C)s2)O1. The van der Waals surface area contributed by atoms with E-state index < -0.39 is 0 Å². The van der Waals surface area contributed by atoms with E-state index in [9.17, 15) is 0 Å². The molecule has 0 aromatic carbocycles. The van der Waals surface area contributed by atoms with E-state index in [1.54, 1.807) is 6.08 Å². The van der Waals surface area contributed by atoms with E-state index in [0.717, 1.165) is 25.9 Å². The average Bonchev–Trinajstić information content (AvgIpc) is 3.06. The zero-order valence-electron chi connectivity index (χ0n) is 12.8. The number of rotatable bonds is 6. The van der Waals surface area contributed by atoms with Gasteiger partial charge in [0.15, 0.2) is 0 Å². The first kappa shape index (κ1) is 15.2. The van der Waals surface area contributed by atoms with Crippen LogP contribution in [0.4, 0.5) is 0 Å². The second-order valence-corrected chi connectivity index (χ2v) is 7.41. The molecule has 2 aliphatic rings. The molecule has 3 atom stereocenters. The normalized spacial score (nSPS) is 29.5. The third kappa shape index (κ3) is 3.75. The van der Waals surface area contributed by atoms with Crippen LogP contribution in [0.1, 0.15) is 29.0 Å². The molecular weight excluding hydrogens is 282 g/mol. The lowest BCUT2D eigenvalue weighted by atomic mass is 9.99. The van der Waals surface area contributed by atoms with Crippen LogP contribution in [0, 0.1) is 6.92 Å². The summed E-state index contributed by atoms with van der Waals surface area (Å²) in [7, 11) is 0. The molecule has 0 unspecified atom stereocenters. The lowest BCUT2D eigenvalue weighted by Gasteiger charge is -2.35. The first-order chi connectivity index (χ1) is 10.3. The highest BCUT2D eigenvalue weighted by Gasteiger charge is 2.39. The van der Waals surface area contributed by atoms with Crippen LogP contribution in [0.15, 0.2) is 24.8 Å². The molecule has 0 bridgehead atoms. The quantitative estimate of drug-likeness (QED) is 0.594. The van der Waals surface area contributed by atoms with Gasteiger partial charge in [-0.05, 0) is 38.3 Å². The molecule has 21 heavy (non-hydrogen) atoms. The third-order valence-corrected chi connectivity index (χ3v) is 5.43. The first-order valence-electron chi connectivity index (χ1n) is 7.89. The fraction of sp³-hybridized carbons (Fsp3) is 0.647. The summed E-state index contributed by atoms with van der Waals surface area (Å²) in [6, 6.07) is 5.09. The van der Waals surface area contributed by atoms with E-state index in [0.29, 0.717) is 25.4 Å². The molecule has 116 valence electrons. The molecule has 0 N–H and O–H groups in total. The van der Waals surface area contributed by atoms with Gasteiger partial charge >= 0.3 is 0 Å². The van der Waals surface area contributed by atoms with Crippen LogP contribution in [0.2, 0.25) is 0 Å². The first-order valence-corrected chi connectivity index (χ1v) is 8.71. The molecule has 0 amide bonds. The highest BCUT2D eigenvalue weighted by Crippen LogP contribution is 2.33.